The van der Waals surface area contributed by atoms with E-state index in [1.807, 2.05) is 0 Å². The third-order valence-corrected chi connectivity index (χ3v) is 4.33. The van der Waals surface area contributed by atoms with Crippen LogP contribution in [0.4, 0.5) is 0 Å². The first-order valence-electron chi connectivity index (χ1n) is 7.15. The van der Waals surface area contributed by atoms with E-state index in [-0.39, 0.29) is 11.7 Å². The lowest BCUT2D eigenvalue weighted by molar-refractivity contribution is -0.159. The first-order chi connectivity index (χ1) is 8.26. The van der Waals surface area contributed by atoms with Crippen LogP contribution in [0, 0.1) is 5.92 Å². The van der Waals surface area contributed by atoms with Gasteiger partial charge in [0.1, 0.15) is 0 Å². The fourth-order valence-corrected chi connectivity index (χ4v) is 3.13. The van der Waals surface area contributed by atoms with Crippen molar-refractivity contribution >= 4 is 0 Å². The van der Waals surface area contributed by atoms with Gasteiger partial charge in [-0.25, -0.2) is 0 Å². The van der Waals surface area contributed by atoms with Crippen LogP contribution in [0.5, 0.6) is 0 Å². The number of aliphatic hydroxyl groups excluding tert-OH is 1. The number of hydrogen-bond donors (Lipinski definition) is 1. The highest BCUT2D eigenvalue weighted by molar-refractivity contribution is 4.90. The summed E-state index contributed by atoms with van der Waals surface area (Å²) in [7, 11) is 0. The summed E-state index contributed by atoms with van der Waals surface area (Å²) in [6.45, 7) is 4.63. The molecule has 0 aromatic heterocycles. The van der Waals surface area contributed by atoms with E-state index in [0.29, 0.717) is 5.92 Å². The minimum Gasteiger partial charge on any atom is -0.393 e. The monoisotopic (exact) mass is 242 g/mol. The smallest absolute Gasteiger partial charge is 0.0730 e. The van der Waals surface area contributed by atoms with Crippen LogP contribution in [-0.4, -0.2) is 36.6 Å². The number of rotatable bonds is 4. The largest absolute Gasteiger partial charge is 0.393 e. The molecule has 2 aliphatic rings. The molecule has 0 aromatic carbocycles. The minimum atomic E-state index is -0.126. The van der Waals surface area contributed by atoms with Crippen LogP contribution in [-0.2, 0) is 9.47 Å². The predicted molar refractivity (Wildman–Crippen MR) is 67.0 cm³/mol. The molecule has 2 fully saturated rings. The third-order valence-electron chi connectivity index (χ3n) is 4.33. The van der Waals surface area contributed by atoms with E-state index in [1.165, 1.54) is 6.42 Å². The van der Waals surface area contributed by atoms with Gasteiger partial charge in [-0.15, -0.1) is 0 Å². The van der Waals surface area contributed by atoms with Crippen molar-refractivity contribution in [2.45, 2.75) is 63.6 Å². The van der Waals surface area contributed by atoms with E-state index in [4.69, 9.17) is 9.47 Å². The first kappa shape index (κ1) is 13.3. The Labute approximate surface area is 104 Å². The Balaban J connectivity index is 1.87. The molecule has 0 radical (unpaired) electrons. The Morgan fingerprint density at radius 2 is 2.06 bits per heavy atom. The van der Waals surface area contributed by atoms with Crippen molar-refractivity contribution in [3.8, 4) is 0 Å². The summed E-state index contributed by atoms with van der Waals surface area (Å²) < 4.78 is 11.4. The maximum absolute atomic E-state index is 10.2. The van der Waals surface area contributed by atoms with Crippen molar-refractivity contribution < 1.29 is 14.6 Å². The van der Waals surface area contributed by atoms with Crippen LogP contribution in [0.2, 0.25) is 0 Å². The summed E-state index contributed by atoms with van der Waals surface area (Å²) >= 11 is 0. The Kier molecular flexibility index (Phi) is 4.83. The lowest BCUT2D eigenvalue weighted by Crippen LogP contribution is -2.46. The molecule has 100 valence electrons. The Morgan fingerprint density at radius 3 is 2.76 bits per heavy atom. The topological polar surface area (TPSA) is 38.7 Å². The molecule has 1 N–H and O–H groups in total. The van der Waals surface area contributed by atoms with Crippen molar-refractivity contribution in [2.75, 3.05) is 19.8 Å². The highest BCUT2D eigenvalue weighted by Gasteiger charge is 2.40. The average Bonchev–Trinajstić information content (AvgIpc) is 2.37. The van der Waals surface area contributed by atoms with Crippen molar-refractivity contribution in [2.24, 2.45) is 5.92 Å². The van der Waals surface area contributed by atoms with Gasteiger partial charge in [0, 0.05) is 19.8 Å². The van der Waals surface area contributed by atoms with Crippen LogP contribution in [0.15, 0.2) is 0 Å². The maximum atomic E-state index is 10.2. The molecule has 2 saturated heterocycles. The zero-order valence-electron chi connectivity index (χ0n) is 11.0. The van der Waals surface area contributed by atoms with Crippen molar-refractivity contribution in [1.29, 1.82) is 0 Å². The molecule has 0 aromatic rings. The van der Waals surface area contributed by atoms with Gasteiger partial charge < -0.3 is 14.6 Å². The van der Waals surface area contributed by atoms with Crippen molar-refractivity contribution in [1.82, 2.24) is 0 Å². The minimum absolute atomic E-state index is 0.0222. The van der Waals surface area contributed by atoms with E-state index >= 15 is 0 Å². The van der Waals surface area contributed by atoms with Crippen LogP contribution in [0.3, 0.4) is 0 Å². The second kappa shape index (κ2) is 6.17. The van der Waals surface area contributed by atoms with Gasteiger partial charge in [-0.1, -0.05) is 19.8 Å². The average molecular weight is 242 g/mol. The molecule has 2 atom stereocenters. The van der Waals surface area contributed by atoms with E-state index in [0.717, 1.165) is 58.3 Å². The summed E-state index contributed by atoms with van der Waals surface area (Å²) in [4.78, 5) is 0. The van der Waals surface area contributed by atoms with Crippen molar-refractivity contribution in [3.05, 3.63) is 0 Å². The summed E-state index contributed by atoms with van der Waals surface area (Å²) in [5, 5.41) is 10.2. The summed E-state index contributed by atoms with van der Waals surface area (Å²) in [6, 6.07) is 0. The number of unbranched alkanes of at least 4 members (excludes halogenated alkanes) is 1. The quantitative estimate of drug-likeness (QED) is 0.823. The Bertz CT molecular complexity index is 218. The van der Waals surface area contributed by atoms with Gasteiger partial charge in [0.2, 0.25) is 0 Å². The molecule has 0 bridgehead atoms. The third kappa shape index (κ3) is 3.43. The van der Waals surface area contributed by atoms with Gasteiger partial charge >= 0.3 is 0 Å². The van der Waals surface area contributed by atoms with Gasteiger partial charge in [-0.05, 0) is 38.0 Å². The SMILES string of the molecule is CCCCC(O)C1CCOC2(CCOCC2)C1. The highest BCUT2D eigenvalue weighted by Crippen LogP contribution is 2.38. The molecule has 0 aliphatic carbocycles. The van der Waals surface area contributed by atoms with E-state index in [1.54, 1.807) is 0 Å². The van der Waals surface area contributed by atoms with E-state index in [2.05, 4.69) is 6.92 Å². The molecule has 2 rings (SSSR count). The molecule has 1 spiro atoms. The first-order valence-corrected chi connectivity index (χ1v) is 7.15. The predicted octanol–water partition coefficient (Wildman–Crippen LogP) is 2.51. The summed E-state index contributed by atoms with van der Waals surface area (Å²) in [6.07, 6.45) is 7.18. The zero-order chi connectivity index (χ0) is 12.1. The van der Waals surface area contributed by atoms with E-state index in [9.17, 15) is 5.11 Å². The molecule has 2 aliphatic heterocycles. The van der Waals surface area contributed by atoms with E-state index < -0.39 is 0 Å². The molecule has 3 nitrogen and oxygen atoms in total. The highest BCUT2D eigenvalue weighted by atomic mass is 16.5. The van der Waals surface area contributed by atoms with Crippen LogP contribution in [0.1, 0.15) is 51.9 Å². The molecule has 2 heterocycles. The standard InChI is InChI=1S/C14H26O3/c1-2-3-4-13(15)12-5-8-17-14(11-12)6-9-16-10-7-14/h12-13,15H,2-11H2,1H3. The van der Waals surface area contributed by atoms with Crippen LogP contribution < -0.4 is 0 Å². The molecular formula is C14H26O3. The van der Waals surface area contributed by atoms with Gasteiger partial charge in [-0.2, -0.15) is 0 Å². The summed E-state index contributed by atoms with van der Waals surface area (Å²) in [5.74, 6) is 0.438. The fraction of sp³-hybridized carbons (Fsp3) is 1.00. The van der Waals surface area contributed by atoms with Gasteiger partial charge in [0.25, 0.3) is 0 Å². The number of aliphatic hydroxyl groups is 1. The summed E-state index contributed by atoms with van der Waals surface area (Å²) in [5.41, 5.74) is 0.0222. The zero-order valence-corrected chi connectivity index (χ0v) is 11.0. The second-order valence-electron chi connectivity index (χ2n) is 5.61. The van der Waals surface area contributed by atoms with Gasteiger partial charge in [-0.3, -0.25) is 0 Å². The maximum Gasteiger partial charge on any atom is 0.0730 e. The molecule has 17 heavy (non-hydrogen) atoms. The van der Waals surface area contributed by atoms with Crippen molar-refractivity contribution in [3.63, 3.8) is 0 Å². The molecule has 3 heteroatoms. The molecule has 0 amide bonds. The van der Waals surface area contributed by atoms with Crippen LogP contribution >= 0.6 is 0 Å². The normalized spacial score (nSPS) is 30.4. The van der Waals surface area contributed by atoms with Gasteiger partial charge in [0.05, 0.1) is 11.7 Å². The van der Waals surface area contributed by atoms with Crippen LogP contribution in [0.25, 0.3) is 0 Å². The number of hydrogen-bond acceptors (Lipinski definition) is 3. The van der Waals surface area contributed by atoms with Gasteiger partial charge in [0.15, 0.2) is 0 Å². The number of ether oxygens (including phenoxy) is 2. The molecule has 0 saturated carbocycles. The Morgan fingerprint density at radius 1 is 1.29 bits per heavy atom. The lowest BCUT2D eigenvalue weighted by atomic mass is 9.78. The second-order valence-corrected chi connectivity index (χ2v) is 5.61. The lowest BCUT2D eigenvalue weighted by Gasteiger charge is -2.44. The Hall–Kier alpha value is -0.120. The fourth-order valence-electron chi connectivity index (χ4n) is 3.13. The molecular weight excluding hydrogens is 216 g/mol. The molecule has 2 unspecified atom stereocenters.